The summed E-state index contributed by atoms with van der Waals surface area (Å²) in [5.74, 6) is 1.51. The monoisotopic (exact) mass is 269 g/mol. The van der Waals surface area contributed by atoms with Crippen molar-refractivity contribution in [3.8, 4) is 0 Å². The predicted octanol–water partition coefficient (Wildman–Crippen LogP) is 3.69. The molecular weight excluding hydrogens is 246 g/mol. The fourth-order valence-corrected chi connectivity index (χ4v) is 1.73. The second kappa shape index (κ2) is 6.39. The number of pyridine rings is 1. The Morgan fingerprint density at radius 1 is 1.33 bits per heavy atom. The first-order chi connectivity index (χ1) is 8.28. The van der Waals surface area contributed by atoms with E-state index in [-0.39, 0.29) is 5.54 Å². The third-order valence-corrected chi connectivity index (χ3v) is 2.65. The van der Waals surface area contributed by atoms with Gasteiger partial charge in [0.2, 0.25) is 0 Å². The van der Waals surface area contributed by atoms with Crippen molar-refractivity contribution in [1.82, 2.24) is 10.3 Å². The number of nitrogens with zero attached hydrogens (tertiary/aromatic N) is 1. The molecule has 0 saturated heterocycles. The molecule has 0 unspecified atom stereocenters. The van der Waals surface area contributed by atoms with Crippen molar-refractivity contribution in [3.05, 3.63) is 22.8 Å². The van der Waals surface area contributed by atoms with E-state index in [0.717, 1.165) is 24.5 Å². The maximum atomic E-state index is 6.15. The van der Waals surface area contributed by atoms with Gasteiger partial charge in [0.1, 0.15) is 5.82 Å². The van der Waals surface area contributed by atoms with Gasteiger partial charge < -0.3 is 10.6 Å². The van der Waals surface area contributed by atoms with E-state index >= 15 is 0 Å². The number of anilines is 1. The summed E-state index contributed by atoms with van der Waals surface area (Å²) >= 11 is 6.15. The van der Waals surface area contributed by atoms with Gasteiger partial charge in [-0.2, -0.15) is 0 Å². The van der Waals surface area contributed by atoms with Gasteiger partial charge >= 0.3 is 0 Å². The van der Waals surface area contributed by atoms with Crippen LogP contribution in [0, 0.1) is 5.92 Å². The zero-order valence-electron chi connectivity index (χ0n) is 12.0. The van der Waals surface area contributed by atoms with E-state index in [1.54, 1.807) is 6.20 Å². The maximum Gasteiger partial charge on any atom is 0.126 e. The van der Waals surface area contributed by atoms with E-state index in [2.05, 4.69) is 50.2 Å². The molecular formula is C14H24ClN3. The van der Waals surface area contributed by atoms with Crippen LogP contribution in [0.2, 0.25) is 5.02 Å². The molecule has 0 radical (unpaired) electrons. The van der Waals surface area contributed by atoms with E-state index in [1.165, 1.54) is 0 Å². The van der Waals surface area contributed by atoms with Crippen LogP contribution in [-0.2, 0) is 6.54 Å². The molecule has 1 aromatic rings. The SMILES string of the molecule is CC(C)CNCc1cc(NC(C)(C)C)ncc1Cl. The van der Waals surface area contributed by atoms with Crippen molar-refractivity contribution in [2.45, 2.75) is 46.7 Å². The van der Waals surface area contributed by atoms with Gasteiger partial charge in [0.05, 0.1) is 5.02 Å². The van der Waals surface area contributed by atoms with Crippen molar-refractivity contribution >= 4 is 17.4 Å². The van der Waals surface area contributed by atoms with Gasteiger partial charge in [-0.3, -0.25) is 0 Å². The lowest BCUT2D eigenvalue weighted by atomic mass is 10.1. The van der Waals surface area contributed by atoms with Gasteiger partial charge in [0.25, 0.3) is 0 Å². The van der Waals surface area contributed by atoms with Crippen LogP contribution in [0.5, 0.6) is 0 Å². The maximum absolute atomic E-state index is 6.15. The van der Waals surface area contributed by atoms with Gasteiger partial charge in [-0.05, 0) is 44.9 Å². The summed E-state index contributed by atoms with van der Waals surface area (Å²) in [7, 11) is 0. The molecule has 0 aliphatic carbocycles. The molecule has 1 rings (SSSR count). The van der Waals surface area contributed by atoms with Gasteiger partial charge in [0, 0.05) is 18.3 Å². The van der Waals surface area contributed by atoms with Crippen LogP contribution in [-0.4, -0.2) is 17.1 Å². The predicted molar refractivity (Wildman–Crippen MR) is 79.2 cm³/mol. The molecule has 0 atom stereocenters. The highest BCUT2D eigenvalue weighted by molar-refractivity contribution is 6.31. The smallest absolute Gasteiger partial charge is 0.126 e. The Bertz CT molecular complexity index is 383. The Balaban J connectivity index is 2.69. The van der Waals surface area contributed by atoms with Gasteiger partial charge in [0.15, 0.2) is 0 Å². The summed E-state index contributed by atoms with van der Waals surface area (Å²) in [6.07, 6.45) is 1.71. The number of hydrogen-bond donors (Lipinski definition) is 2. The topological polar surface area (TPSA) is 37.0 Å². The molecule has 0 fully saturated rings. The summed E-state index contributed by atoms with van der Waals surface area (Å²) in [4.78, 5) is 4.30. The van der Waals surface area contributed by atoms with E-state index in [0.29, 0.717) is 10.9 Å². The highest BCUT2D eigenvalue weighted by Crippen LogP contribution is 2.20. The molecule has 1 heterocycles. The summed E-state index contributed by atoms with van der Waals surface area (Å²) in [5, 5.41) is 7.46. The van der Waals surface area contributed by atoms with Crippen molar-refractivity contribution in [2.24, 2.45) is 5.92 Å². The third-order valence-electron chi connectivity index (χ3n) is 2.31. The van der Waals surface area contributed by atoms with E-state index in [1.807, 2.05) is 6.07 Å². The van der Waals surface area contributed by atoms with Crippen LogP contribution < -0.4 is 10.6 Å². The summed E-state index contributed by atoms with van der Waals surface area (Å²) in [6.45, 7) is 12.5. The number of hydrogen-bond acceptors (Lipinski definition) is 3. The van der Waals surface area contributed by atoms with Crippen LogP contribution in [0.15, 0.2) is 12.3 Å². The van der Waals surface area contributed by atoms with Crippen molar-refractivity contribution in [3.63, 3.8) is 0 Å². The highest BCUT2D eigenvalue weighted by atomic mass is 35.5. The Labute approximate surface area is 115 Å². The first kappa shape index (κ1) is 15.3. The largest absolute Gasteiger partial charge is 0.365 e. The second-order valence-electron chi connectivity index (χ2n) is 6.06. The first-order valence-corrected chi connectivity index (χ1v) is 6.79. The van der Waals surface area contributed by atoms with Crippen LogP contribution in [0.25, 0.3) is 0 Å². The van der Waals surface area contributed by atoms with E-state index in [9.17, 15) is 0 Å². The average molecular weight is 270 g/mol. The lowest BCUT2D eigenvalue weighted by Gasteiger charge is -2.22. The minimum absolute atomic E-state index is 0.00343. The summed E-state index contributed by atoms with van der Waals surface area (Å²) in [6, 6.07) is 2.01. The first-order valence-electron chi connectivity index (χ1n) is 6.41. The quantitative estimate of drug-likeness (QED) is 0.856. The van der Waals surface area contributed by atoms with Gasteiger partial charge in [-0.15, -0.1) is 0 Å². The molecule has 4 heteroatoms. The van der Waals surface area contributed by atoms with Crippen molar-refractivity contribution in [2.75, 3.05) is 11.9 Å². The molecule has 102 valence electrons. The molecule has 1 aromatic heterocycles. The third kappa shape index (κ3) is 5.69. The Hall–Kier alpha value is -0.800. The molecule has 0 spiro atoms. The van der Waals surface area contributed by atoms with Crippen molar-refractivity contribution < 1.29 is 0 Å². The normalized spacial score (nSPS) is 11.9. The zero-order chi connectivity index (χ0) is 13.8. The fraction of sp³-hybridized carbons (Fsp3) is 0.643. The Morgan fingerprint density at radius 2 is 2.00 bits per heavy atom. The lowest BCUT2D eigenvalue weighted by Crippen LogP contribution is -2.27. The van der Waals surface area contributed by atoms with Gasteiger partial charge in [-0.25, -0.2) is 4.98 Å². The zero-order valence-corrected chi connectivity index (χ0v) is 12.7. The molecule has 0 aliphatic heterocycles. The standard InChI is InChI=1S/C14H24ClN3/c1-10(2)7-16-8-11-6-13(17-9-12(11)15)18-14(3,4)5/h6,9-10,16H,7-8H2,1-5H3,(H,17,18). The van der Waals surface area contributed by atoms with Gasteiger partial charge in [-0.1, -0.05) is 25.4 Å². The molecule has 2 N–H and O–H groups in total. The molecule has 0 saturated carbocycles. The van der Waals surface area contributed by atoms with Crippen LogP contribution in [0.4, 0.5) is 5.82 Å². The molecule has 3 nitrogen and oxygen atoms in total. The molecule has 0 aliphatic rings. The summed E-state index contributed by atoms with van der Waals surface area (Å²) < 4.78 is 0. The minimum atomic E-state index is 0.00343. The molecule has 0 bridgehead atoms. The van der Waals surface area contributed by atoms with E-state index < -0.39 is 0 Å². The summed E-state index contributed by atoms with van der Waals surface area (Å²) in [5.41, 5.74) is 1.09. The highest BCUT2D eigenvalue weighted by Gasteiger charge is 2.11. The fourth-order valence-electron chi connectivity index (χ4n) is 1.56. The van der Waals surface area contributed by atoms with Crippen LogP contribution in [0.3, 0.4) is 0 Å². The lowest BCUT2D eigenvalue weighted by molar-refractivity contribution is 0.552. The van der Waals surface area contributed by atoms with Crippen LogP contribution in [0.1, 0.15) is 40.2 Å². The molecule has 0 amide bonds. The van der Waals surface area contributed by atoms with Crippen LogP contribution >= 0.6 is 11.6 Å². The minimum Gasteiger partial charge on any atom is -0.365 e. The molecule has 18 heavy (non-hydrogen) atoms. The number of rotatable bonds is 5. The van der Waals surface area contributed by atoms with Crippen molar-refractivity contribution in [1.29, 1.82) is 0 Å². The average Bonchev–Trinajstić information content (AvgIpc) is 2.20. The number of aromatic nitrogens is 1. The number of nitrogens with one attached hydrogen (secondary N) is 2. The molecule has 0 aromatic carbocycles. The van der Waals surface area contributed by atoms with E-state index in [4.69, 9.17) is 11.6 Å². The number of halogens is 1. The Morgan fingerprint density at radius 3 is 2.56 bits per heavy atom. The second-order valence-corrected chi connectivity index (χ2v) is 6.47. The Kier molecular flexibility index (Phi) is 5.42.